The largest absolute Gasteiger partial charge is 0.497 e. The first-order valence-electron chi connectivity index (χ1n) is 9.17. The number of terminal acetylenes is 1. The summed E-state index contributed by atoms with van der Waals surface area (Å²) in [4.78, 5) is 30.5. The fourth-order valence-electron chi connectivity index (χ4n) is 3.40. The van der Waals surface area contributed by atoms with Gasteiger partial charge in [0, 0.05) is 0 Å². The highest BCUT2D eigenvalue weighted by Gasteiger charge is 2.38. The summed E-state index contributed by atoms with van der Waals surface area (Å²) in [6.45, 7) is 5.34. The topological polar surface area (TPSA) is 79.7 Å². The van der Waals surface area contributed by atoms with Gasteiger partial charge in [0.1, 0.15) is 17.3 Å². The molecule has 1 aromatic heterocycles. The summed E-state index contributed by atoms with van der Waals surface area (Å²) >= 11 is 0. The number of rotatable bonds is 5. The fourth-order valence-corrected chi connectivity index (χ4v) is 3.40. The Hall–Kier alpha value is -3.53. The summed E-state index contributed by atoms with van der Waals surface area (Å²) in [6.07, 6.45) is 5.42. The molecule has 1 aliphatic rings. The van der Waals surface area contributed by atoms with Gasteiger partial charge in [-0.05, 0) is 38.5 Å². The number of fused-ring (bicyclic) bond motifs is 1. The van der Waals surface area contributed by atoms with Gasteiger partial charge in [-0.2, -0.15) is 4.98 Å². The van der Waals surface area contributed by atoms with E-state index in [1.54, 1.807) is 52.1 Å². The minimum atomic E-state index is -0.701. The highest BCUT2D eigenvalue weighted by Crippen LogP contribution is 2.41. The Bertz CT molecular complexity index is 1070. The van der Waals surface area contributed by atoms with Crippen LogP contribution in [0.2, 0.25) is 0 Å². The summed E-state index contributed by atoms with van der Waals surface area (Å²) in [7, 11) is 1.57. The van der Waals surface area contributed by atoms with Gasteiger partial charge in [-0.3, -0.25) is 9.36 Å². The van der Waals surface area contributed by atoms with E-state index in [1.165, 1.54) is 4.57 Å². The lowest BCUT2D eigenvalue weighted by molar-refractivity contribution is -0.139. The quantitative estimate of drug-likeness (QED) is 0.573. The van der Waals surface area contributed by atoms with Gasteiger partial charge in [-0.25, -0.2) is 4.79 Å². The van der Waals surface area contributed by atoms with Crippen molar-refractivity contribution >= 4 is 5.97 Å². The van der Waals surface area contributed by atoms with Crippen molar-refractivity contribution in [3.05, 3.63) is 62.9 Å². The van der Waals surface area contributed by atoms with Crippen LogP contribution in [-0.2, 0) is 16.1 Å². The zero-order chi connectivity index (χ0) is 21.1. The highest BCUT2D eigenvalue weighted by atomic mass is 16.5. The number of ether oxygens (including phenoxy) is 3. The lowest BCUT2D eigenvalue weighted by atomic mass is 9.83. The van der Waals surface area contributed by atoms with Crippen LogP contribution in [0.1, 0.15) is 36.7 Å². The van der Waals surface area contributed by atoms with Crippen LogP contribution < -0.4 is 15.0 Å². The molecule has 0 N–H and O–H groups in total. The van der Waals surface area contributed by atoms with Gasteiger partial charge in [0.05, 0.1) is 37.3 Å². The van der Waals surface area contributed by atoms with Crippen molar-refractivity contribution in [1.29, 1.82) is 0 Å². The number of hydrogen-bond acceptors (Lipinski definition) is 6. The van der Waals surface area contributed by atoms with Crippen molar-refractivity contribution in [3.8, 4) is 24.0 Å². The van der Waals surface area contributed by atoms with Gasteiger partial charge in [0.15, 0.2) is 0 Å². The number of allylic oxidation sites excluding steroid dienone is 1. The monoisotopic (exact) mass is 394 g/mol. The molecule has 2 heterocycles. The van der Waals surface area contributed by atoms with Crippen LogP contribution in [0.3, 0.4) is 0 Å². The van der Waals surface area contributed by atoms with E-state index >= 15 is 0 Å². The predicted octanol–water partition coefficient (Wildman–Crippen LogP) is 2.55. The normalized spacial score (nSPS) is 15.2. The van der Waals surface area contributed by atoms with E-state index in [0.29, 0.717) is 22.9 Å². The lowest BCUT2D eigenvalue weighted by Crippen LogP contribution is -2.34. The number of aromatic nitrogens is 2. The molecule has 0 aliphatic carbocycles. The molecule has 0 radical (unpaired) electrons. The second kappa shape index (κ2) is 8.23. The number of esters is 1. The molecular formula is C22H22N2O5. The first-order valence-corrected chi connectivity index (χ1v) is 9.17. The Morgan fingerprint density at radius 3 is 2.59 bits per heavy atom. The molecule has 7 nitrogen and oxygen atoms in total. The molecule has 1 unspecified atom stereocenters. The minimum Gasteiger partial charge on any atom is -0.497 e. The average Bonchev–Trinajstić information content (AvgIpc) is 2.70. The van der Waals surface area contributed by atoms with Crippen molar-refractivity contribution < 1.29 is 19.0 Å². The van der Waals surface area contributed by atoms with E-state index in [-0.39, 0.29) is 35.7 Å². The highest BCUT2D eigenvalue weighted by molar-refractivity contribution is 5.92. The van der Waals surface area contributed by atoms with Crippen LogP contribution in [-0.4, -0.2) is 29.2 Å². The fraction of sp³-hybridized carbons (Fsp3) is 0.318. The summed E-state index contributed by atoms with van der Waals surface area (Å²) in [5.74, 6) is 2.84. The van der Waals surface area contributed by atoms with Crippen molar-refractivity contribution in [1.82, 2.24) is 9.55 Å². The van der Waals surface area contributed by atoms with E-state index in [1.807, 2.05) is 0 Å². The maximum Gasteiger partial charge on any atom is 0.338 e. The number of carbonyl (C=O) groups excluding carboxylic acids is 1. The van der Waals surface area contributed by atoms with Crippen molar-refractivity contribution in [3.63, 3.8) is 0 Å². The molecule has 0 saturated heterocycles. The van der Waals surface area contributed by atoms with Crippen LogP contribution in [0.25, 0.3) is 0 Å². The number of methoxy groups -OCH3 is 1. The summed E-state index contributed by atoms with van der Waals surface area (Å²) in [5, 5.41) is 0. The molecular weight excluding hydrogens is 372 g/mol. The number of aryl methyl sites for hydroxylation is 1. The maximum absolute atomic E-state index is 13.3. The molecule has 29 heavy (non-hydrogen) atoms. The van der Waals surface area contributed by atoms with E-state index in [2.05, 4.69) is 10.9 Å². The van der Waals surface area contributed by atoms with E-state index < -0.39 is 11.9 Å². The third-order valence-corrected chi connectivity index (χ3v) is 4.76. The number of hydrogen-bond donors (Lipinski definition) is 0. The zero-order valence-corrected chi connectivity index (χ0v) is 16.8. The van der Waals surface area contributed by atoms with Crippen LogP contribution in [0.15, 0.2) is 40.4 Å². The predicted molar refractivity (Wildman–Crippen MR) is 107 cm³/mol. The SMILES string of the molecule is C#CCn1c(C)nc2c(c1=O)C(c1ccc(OC)cc1)C(C(=O)OCC)=C(C)O2. The Morgan fingerprint density at radius 2 is 2.00 bits per heavy atom. The third-order valence-electron chi connectivity index (χ3n) is 4.76. The Kier molecular flexibility index (Phi) is 5.74. The van der Waals surface area contributed by atoms with Gasteiger partial charge < -0.3 is 14.2 Å². The molecule has 0 spiro atoms. The number of benzene rings is 1. The second-order valence-electron chi connectivity index (χ2n) is 6.47. The van der Waals surface area contributed by atoms with Crippen LogP contribution >= 0.6 is 0 Å². The molecule has 2 aromatic rings. The molecule has 1 aromatic carbocycles. The minimum absolute atomic E-state index is 0.0672. The summed E-state index contributed by atoms with van der Waals surface area (Å²) < 4.78 is 17.6. The number of carbonyl (C=O) groups is 1. The Morgan fingerprint density at radius 1 is 1.31 bits per heavy atom. The first kappa shape index (κ1) is 20.2. The first-order chi connectivity index (χ1) is 13.9. The molecule has 1 aliphatic heterocycles. The smallest absolute Gasteiger partial charge is 0.338 e. The van der Waals surface area contributed by atoms with E-state index in [9.17, 15) is 9.59 Å². The third kappa shape index (κ3) is 3.61. The van der Waals surface area contributed by atoms with Crippen molar-refractivity contribution in [2.45, 2.75) is 33.2 Å². The standard InChI is InChI=1S/C22H22N2O5/c1-6-12-24-14(4)23-20-19(21(24)25)18(15-8-10-16(27-5)11-9-15)17(13(3)29-20)22(26)28-7-2/h1,8-11,18H,7,12H2,2-5H3. The Labute approximate surface area is 168 Å². The molecule has 0 fully saturated rings. The van der Waals surface area contributed by atoms with Gasteiger partial charge in [-0.15, -0.1) is 6.42 Å². The molecule has 0 saturated carbocycles. The number of nitrogens with zero attached hydrogens (tertiary/aromatic N) is 2. The lowest BCUT2D eigenvalue weighted by Gasteiger charge is -2.28. The van der Waals surface area contributed by atoms with Crippen molar-refractivity contribution in [2.75, 3.05) is 13.7 Å². The second-order valence-corrected chi connectivity index (χ2v) is 6.47. The van der Waals surface area contributed by atoms with E-state index in [0.717, 1.165) is 0 Å². The van der Waals surface area contributed by atoms with E-state index in [4.69, 9.17) is 20.6 Å². The van der Waals surface area contributed by atoms with Crippen LogP contribution in [0, 0.1) is 19.3 Å². The average molecular weight is 394 g/mol. The Balaban J connectivity index is 2.29. The van der Waals surface area contributed by atoms with Gasteiger partial charge >= 0.3 is 5.97 Å². The molecule has 0 amide bonds. The molecule has 3 rings (SSSR count). The molecule has 1 atom stereocenters. The van der Waals surface area contributed by atoms with Gasteiger partial charge in [0.2, 0.25) is 5.88 Å². The summed E-state index contributed by atoms with van der Waals surface area (Å²) in [5.41, 5.74) is 0.887. The molecule has 0 bridgehead atoms. The summed E-state index contributed by atoms with van der Waals surface area (Å²) in [6, 6.07) is 7.14. The van der Waals surface area contributed by atoms with Gasteiger partial charge in [-0.1, -0.05) is 18.1 Å². The molecule has 150 valence electrons. The van der Waals surface area contributed by atoms with Crippen molar-refractivity contribution in [2.24, 2.45) is 0 Å². The molecule has 7 heteroatoms. The zero-order valence-electron chi connectivity index (χ0n) is 16.8. The van der Waals surface area contributed by atoms with Gasteiger partial charge in [0.25, 0.3) is 5.56 Å². The van der Waals surface area contributed by atoms with Crippen LogP contribution in [0.4, 0.5) is 0 Å². The van der Waals surface area contributed by atoms with Crippen LogP contribution in [0.5, 0.6) is 11.6 Å². The maximum atomic E-state index is 13.3.